The molecule has 1 heterocycles. The smallest absolute Gasteiger partial charge is 0.507 e. The standard InChI is InChI=1S/C44H55NO2.2C7H7.Zr/c1-40(2,3)30-23-33(38(46)34(24-30)42(7,8)9)32-20-16-19-29-21-22-44(45-37(29)32,27-28-17-14-13-15-18-28)36-26-31(41(4,5)6)25-35(39(36)47)43(10,11)12;2*1-7-5-3-2-4-6-7;/h13-26,45-47H,27H2,1-12H3;2*2-6H,1H2;/q;2*-1;+3. The van der Waals surface area contributed by atoms with E-state index in [2.05, 4.69) is 181 Å². The summed E-state index contributed by atoms with van der Waals surface area (Å²) < 4.78 is 0. The third-order valence-electron chi connectivity index (χ3n) is 11.3. The molecule has 1 atom stereocenters. The predicted molar refractivity (Wildman–Crippen MR) is 263 cm³/mol. The Morgan fingerprint density at radius 3 is 1.39 bits per heavy atom. The molecule has 6 aromatic rings. The number of hydrogen-bond donors (Lipinski definition) is 3. The van der Waals surface area contributed by atoms with Gasteiger partial charge in [0.05, 0.1) is 11.2 Å². The van der Waals surface area contributed by atoms with Crippen LogP contribution in [0.25, 0.3) is 17.2 Å². The molecule has 0 spiro atoms. The summed E-state index contributed by atoms with van der Waals surface area (Å²) in [7, 11) is 0. The molecule has 0 amide bonds. The Hall–Kier alpha value is -4.92. The van der Waals surface area contributed by atoms with E-state index in [1.165, 1.54) is 11.1 Å². The van der Waals surface area contributed by atoms with Crippen LogP contribution < -0.4 is 5.32 Å². The first-order valence-corrected chi connectivity index (χ1v) is 21.6. The van der Waals surface area contributed by atoms with Crippen LogP contribution in [0.3, 0.4) is 0 Å². The summed E-state index contributed by atoms with van der Waals surface area (Å²) in [6, 6.07) is 45.3. The average molecular weight is 903 g/mol. The number of fused-ring (bicyclic) bond motifs is 1. The number of rotatable bonds is 4. The van der Waals surface area contributed by atoms with E-state index in [0.717, 1.165) is 55.8 Å². The van der Waals surface area contributed by atoms with Crippen LogP contribution in [-0.4, -0.2) is 10.2 Å². The summed E-state index contributed by atoms with van der Waals surface area (Å²) in [6.07, 6.45) is 5.05. The van der Waals surface area contributed by atoms with Gasteiger partial charge in [-0.15, -0.1) is 24.3 Å². The van der Waals surface area contributed by atoms with Crippen molar-refractivity contribution in [1.29, 1.82) is 0 Å². The zero-order chi connectivity index (χ0) is 45.0. The molecule has 3 nitrogen and oxygen atoms in total. The van der Waals surface area contributed by atoms with Crippen molar-refractivity contribution in [3.05, 3.63) is 203 Å². The minimum Gasteiger partial charge on any atom is -0.507 e. The van der Waals surface area contributed by atoms with Gasteiger partial charge in [0.15, 0.2) is 0 Å². The van der Waals surface area contributed by atoms with Crippen LogP contribution in [0, 0.1) is 13.8 Å². The Bertz CT molecular complexity index is 2390. The van der Waals surface area contributed by atoms with Crippen LogP contribution in [0.15, 0.2) is 140 Å². The zero-order valence-corrected chi connectivity index (χ0v) is 41.8. The normalized spacial score (nSPS) is 14.8. The molecule has 3 N–H and O–H groups in total. The monoisotopic (exact) mass is 901 g/mol. The molecule has 1 aliphatic heterocycles. The second-order valence-electron chi connectivity index (χ2n) is 20.7. The van der Waals surface area contributed by atoms with Crippen LogP contribution in [0.1, 0.15) is 133 Å². The van der Waals surface area contributed by atoms with Crippen molar-refractivity contribution in [1.82, 2.24) is 0 Å². The van der Waals surface area contributed by atoms with Gasteiger partial charge in [0.25, 0.3) is 0 Å². The number of phenolic OH excluding ortho intramolecular Hbond substituents is 2. The molecule has 0 saturated carbocycles. The second kappa shape index (κ2) is 19.6. The Balaban J connectivity index is 0.000000475. The van der Waals surface area contributed by atoms with Gasteiger partial charge in [0, 0.05) is 28.7 Å². The van der Waals surface area contributed by atoms with E-state index >= 15 is 0 Å². The SMILES string of the molecule is CC(C)(C)c1cc(-c2cccc3c2NC(Cc2ccccc2)(c2cc(C(C)(C)C)cc(C(C)(C)C)c2O)C=C3)c(O)c(C(C)(C)C)c1.[CH2-]c1ccccc1.[CH2-]c1ccccc1.[Zr+3]. The second-order valence-corrected chi connectivity index (χ2v) is 20.7. The Morgan fingerprint density at radius 1 is 0.500 bits per heavy atom. The van der Waals surface area contributed by atoms with Crippen LogP contribution in [0.5, 0.6) is 11.5 Å². The summed E-state index contributed by atoms with van der Waals surface area (Å²) in [5, 5.41) is 28.2. The molecule has 0 bridgehead atoms. The first kappa shape index (κ1) is 49.7. The maximum Gasteiger partial charge on any atom is 3.00 e. The Labute approximate surface area is 393 Å². The van der Waals surface area contributed by atoms with Crippen LogP contribution in [0.2, 0.25) is 0 Å². The molecule has 62 heavy (non-hydrogen) atoms. The van der Waals surface area contributed by atoms with Crippen molar-refractivity contribution in [3.63, 3.8) is 0 Å². The van der Waals surface area contributed by atoms with Crippen molar-refractivity contribution in [2.24, 2.45) is 0 Å². The first-order valence-electron chi connectivity index (χ1n) is 21.6. The summed E-state index contributed by atoms with van der Waals surface area (Å²) in [5.41, 5.74) is 10.7. The van der Waals surface area contributed by atoms with Gasteiger partial charge in [-0.1, -0.05) is 168 Å². The molecule has 0 saturated heterocycles. The molecule has 0 fully saturated rings. The van der Waals surface area contributed by atoms with Gasteiger partial charge in [-0.25, -0.2) is 0 Å². The van der Waals surface area contributed by atoms with E-state index in [-0.39, 0.29) is 47.9 Å². The molecule has 1 unspecified atom stereocenters. The number of benzene rings is 6. The number of phenols is 2. The van der Waals surface area contributed by atoms with Crippen molar-refractivity contribution in [2.45, 2.75) is 117 Å². The van der Waals surface area contributed by atoms with Gasteiger partial charge in [-0.2, -0.15) is 49.2 Å². The third kappa shape index (κ3) is 12.2. The van der Waals surface area contributed by atoms with Gasteiger partial charge in [0.2, 0.25) is 0 Å². The van der Waals surface area contributed by atoms with Crippen molar-refractivity contribution >= 4 is 11.8 Å². The number of para-hydroxylation sites is 1. The van der Waals surface area contributed by atoms with Crippen LogP contribution in [0.4, 0.5) is 5.69 Å². The molecule has 4 heteroatoms. The summed E-state index contributed by atoms with van der Waals surface area (Å²) in [4.78, 5) is 0. The van der Waals surface area contributed by atoms with E-state index in [9.17, 15) is 10.2 Å². The molecule has 0 aliphatic carbocycles. The van der Waals surface area contributed by atoms with Crippen molar-refractivity contribution in [2.75, 3.05) is 5.32 Å². The zero-order valence-electron chi connectivity index (χ0n) is 39.4. The molecule has 1 radical (unpaired) electrons. The van der Waals surface area contributed by atoms with Gasteiger partial charge >= 0.3 is 26.2 Å². The summed E-state index contributed by atoms with van der Waals surface area (Å²) >= 11 is 0. The van der Waals surface area contributed by atoms with E-state index in [0.29, 0.717) is 17.9 Å². The van der Waals surface area contributed by atoms with E-state index in [4.69, 9.17) is 0 Å². The molecule has 7 rings (SSSR count). The van der Waals surface area contributed by atoms with Crippen molar-refractivity contribution < 1.29 is 36.4 Å². The quantitative estimate of drug-likeness (QED) is 0.155. The van der Waals surface area contributed by atoms with Crippen LogP contribution in [-0.2, 0) is 59.8 Å². The maximum absolute atomic E-state index is 12.2. The number of anilines is 1. The fourth-order valence-corrected chi connectivity index (χ4v) is 7.62. The Morgan fingerprint density at radius 2 is 0.952 bits per heavy atom. The average Bonchev–Trinajstić information content (AvgIpc) is 3.17. The molecular weight excluding hydrogens is 834 g/mol. The topological polar surface area (TPSA) is 52.5 Å². The number of aromatic hydroxyl groups is 2. The molecule has 6 aromatic carbocycles. The fraction of sp³-hybridized carbons (Fsp3) is 0.310. The minimum atomic E-state index is -0.764. The molecule has 321 valence electrons. The first-order chi connectivity index (χ1) is 28.4. The van der Waals surface area contributed by atoms with E-state index in [1.807, 2.05) is 66.7 Å². The van der Waals surface area contributed by atoms with E-state index in [1.54, 1.807) is 0 Å². The number of nitrogens with one attached hydrogen (secondary N) is 1. The number of hydrogen-bond acceptors (Lipinski definition) is 3. The van der Waals surface area contributed by atoms with Gasteiger partial charge in [-0.05, 0) is 61.6 Å². The van der Waals surface area contributed by atoms with Crippen LogP contribution >= 0.6 is 0 Å². The predicted octanol–water partition coefficient (Wildman–Crippen LogP) is 15.3. The van der Waals surface area contributed by atoms with E-state index < -0.39 is 5.54 Å². The minimum absolute atomic E-state index is 0. The largest absolute Gasteiger partial charge is 3.00 e. The van der Waals surface area contributed by atoms with Gasteiger partial charge < -0.3 is 15.5 Å². The van der Waals surface area contributed by atoms with Gasteiger partial charge in [0.1, 0.15) is 11.5 Å². The third-order valence-corrected chi connectivity index (χ3v) is 11.3. The van der Waals surface area contributed by atoms with Crippen molar-refractivity contribution in [3.8, 4) is 22.6 Å². The summed E-state index contributed by atoms with van der Waals surface area (Å²) in [5.74, 6) is 0.642. The maximum atomic E-state index is 12.2. The molecular formula is C58H69NO2Zr+. The summed E-state index contributed by atoms with van der Waals surface area (Å²) in [6.45, 7) is 33.8. The van der Waals surface area contributed by atoms with Gasteiger partial charge in [-0.3, -0.25) is 0 Å². The Kier molecular flexibility index (Phi) is 15.8. The fourth-order valence-electron chi connectivity index (χ4n) is 7.62. The molecule has 0 aromatic heterocycles. The molecule has 1 aliphatic rings.